The molecule has 0 radical (unpaired) electrons. The standard InChI is InChI=1S/C46H36N4/c47-28-29-15-20-39-40(24-29)41(33-16-18-36(19-17-33)46-25-30-21-31(26-46)23-32(22-30)27-46)37-13-7-8-14-38(37)42(39)45-49-43(34-9-3-1-4-10-34)48-44(50-45)35-11-5-2-6-12-35/h1-20,24,30-32H,21-23,25-27H2/t30-,31+,32-,46?. The molecule has 4 aliphatic rings. The van der Waals surface area contributed by atoms with E-state index in [4.69, 9.17) is 15.0 Å². The van der Waals surface area contributed by atoms with E-state index >= 15 is 0 Å². The minimum Gasteiger partial charge on any atom is -0.208 e. The summed E-state index contributed by atoms with van der Waals surface area (Å²) in [6.07, 6.45) is 8.40. The highest BCUT2D eigenvalue weighted by Gasteiger charge is 2.51. The van der Waals surface area contributed by atoms with Crippen molar-refractivity contribution in [1.82, 2.24) is 15.0 Å². The summed E-state index contributed by atoms with van der Waals surface area (Å²) < 4.78 is 0. The molecule has 240 valence electrons. The summed E-state index contributed by atoms with van der Waals surface area (Å²) >= 11 is 0. The minimum atomic E-state index is 0.348. The number of hydrogen-bond acceptors (Lipinski definition) is 4. The molecule has 6 aromatic carbocycles. The van der Waals surface area contributed by atoms with Gasteiger partial charge in [-0.3, -0.25) is 0 Å². The summed E-state index contributed by atoms with van der Waals surface area (Å²) in [6, 6.07) is 46.8. The van der Waals surface area contributed by atoms with Crippen LogP contribution in [-0.2, 0) is 5.41 Å². The predicted molar refractivity (Wildman–Crippen MR) is 201 cm³/mol. The first kappa shape index (κ1) is 29.3. The van der Waals surface area contributed by atoms with Crippen molar-refractivity contribution in [2.45, 2.75) is 43.9 Å². The summed E-state index contributed by atoms with van der Waals surface area (Å²) in [4.78, 5) is 15.3. The van der Waals surface area contributed by atoms with Crippen molar-refractivity contribution in [2.24, 2.45) is 17.8 Å². The van der Waals surface area contributed by atoms with Crippen LogP contribution in [-0.4, -0.2) is 15.0 Å². The Labute approximate surface area is 292 Å². The van der Waals surface area contributed by atoms with Crippen LogP contribution in [0.4, 0.5) is 0 Å². The van der Waals surface area contributed by atoms with Crippen molar-refractivity contribution in [1.29, 1.82) is 5.26 Å². The van der Waals surface area contributed by atoms with E-state index in [1.165, 1.54) is 49.7 Å². The van der Waals surface area contributed by atoms with Crippen molar-refractivity contribution in [3.63, 3.8) is 0 Å². The number of benzene rings is 6. The molecule has 7 aromatic rings. The highest BCUT2D eigenvalue weighted by Crippen LogP contribution is 2.61. The lowest BCUT2D eigenvalue weighted by Crippen LogP contribution is -2.48. The van der Waals surface area contributed by atoms with Gasteiger partial charge in [0.05, 0.1) is 11.6 Å². The molecule has 1 aromatic heterocycles. The third-order valence-corrected chi connectivity index (χ3v) is 11.9. The monoisotopic (exact) mass is 644 g/mol. The Bertz CT molecular complexity index is 2370. The number of nitrogens with zero attached hydrogens (tertiary/aromatic N) is 4. The maximum Gasteiger partial charge on any atom is 0.165 e. The van der Waals surface area contributed by atoms with E-state index in [0.29, 0.717) is 28.5 Å². The molecule has 0 N–H and O–H groups in total. The minimum absolute atomic E-state index is 0.348. The molecule has 4 bridgehead atoms. The van der Waals surface area contributed by atoms with Crippen LogP contribution >= 0.6 is 0 Å². The molecular formula is C46H36N4. The molecule has 1 heterocycles. The second-order valence-electron chi connectivity index (χ2n) is 15.0. The van der Waals surface area contributed by atoms with Crippen LogP contribution in [0.3, 0.4) is 0 Å². The molecule has 4 fully saturated rings. The lowest BCUT2D eigenvalue weighted by molar-refractivity contribution is -0.00518. The van der Waals surface area contributed by atoms with Gasteiger partial charge in [-0.25, -0.2) is 15.0 Å². The zero-order chi connectivity index (χ0) is 33.2. The fourth-order valence-corrected chi connectivity index (χ4v) is 10.2. The molecule has 0 saturated heterocycles. The van der Waals surface area contributed by atoms with Crippen LogP contribution in [0.5, 0.6) is 0 Å². The van der Waals surface area contributed by atoms with Crippen molar-refractivity contribution in [2.75, 3.05) is 0 Å². The molecule has 4 nitrogen and oxygen atoms in total. The average Bonchev–Trinajstić information content (AvgIpc) is 3.17. The number of nitriles is 1. The second kappa shape index (κ2) is 11.5. The van der Waals surface area contributed by atoms with Crippen LogP contribution in [0.15, 0.2) is 127 Å². The maximum absolute atomic E-state index is 10.1. The molecule has 0 amide bonds. The van der Waals surface area contributed by atoms with Gasteiger partial charge in [0.15, 0.2) is 17.5 Å². The predicted octanol–water partition coefficient (Wildman–Crippen LogP) is 11.2. The van der Waals surface area contributed by atoms with Gasteiger partial charge in [-0.05, 0) is 112 Å². The van der Waals surface area contributed by atoms with E-state index in [2.05, 4.69) is 60.7 Å². The first-order valence-corrected chi connectivity index (χ1v) is 18.0. The van der Waals surface area contributed by atoms with E-state index < -0.39 is 0 Å². The van der Waals surface area contributed by atoms with Gasteiger partial charge in [0.1, 0.15) is 0 Å². The van der Waals surface area contributed by atoms with Gasteiger partial charge < -0.3 is 0 Å². The Morgan fingerprint density at radius 1 is 0.480 bits per heavy atom. The molecule has 0 atom stereocenters. The fraction of sp³-hybridized carbons (Fsp3) is 0.217. The van der Waals surface area contributed by atoms with Crippen LogP contribution in [0, 0.1) is 29.1 Å². The molecule has 4 saturated carbocycles. The Hall–Kier alpha value is -5.66. The van der Waals surface area contributed by atoms with E-state index in [1.807, 2.05) is 72.8 Å². The van der Waals surface area contributed by atoms with Crippen LogP contribution < -0.4 is 0 Å². The molecule has 50 heavy (non-hydrogen) atoms. The number of fused-ring (bicyclic) bond motifs is 2. The summed E-state index contributed by atoms with van der Waals surface area (Å²) in [6.45, 7) is 0. The van der Waals surface area contributed by atoms with Gasteiger partial charge in [0.25, 0.3) is 0 Å². The van der Waals surface area contributed by atoms with Gasteiger partial charge in [-0.15, -0.1) is 0 Å². The third-order valence-electron chi connectivity index (χ3n) is 11.9. The van der Waals surface area contributed by atoms with Crippen LogP contribution in [0.25, 0.3) is 66.8 Å². The van der Waals surface area contributed by atoms with Crippen LogP contribution in [0.2, 0.25) is 0 Å². The van der Waals surface area contributed by atoms with Crippen LogP contribution in [0.1, 0.15) is 49.7 Å². The van der Waals surface area contributed by atoms with E-state index in [0.717, 1.165) is 61.6 Å². The molecule has 0 spiro atoms. The first-order valence-electron chi connectivity index (χ1n) is 18.0. The Morgan fingerprint density at radius 3 is 1.54 bits per heavy atom. The average molecular weight is 645 g/mol. The number of hydrogen-bond donors (Lipinski definition) is 0. The zero-order valence-corrected chi connectivity index (χ0v) is 27.9. The Balaban J connectivity index is 1.19. The zero-order valence-electron chi connectivity index (χ0n) is 27.9. The second-order valence-corrected chi connectivity index (χ2v) is 15.0. The maximum atomic E-state index is 10.1. The van der Waals surface area contributed by atoms with Gasteiger partial charge in [0, 0.05) is 16.7 Å². The molecule has 0 unspecified atom stereocenters. The quantitative estimate of drug-likeness (QED) is 0.175. The van der Waals surface area contributed by atoms with Gasteiger partial charge in [-0.2, -0.15) is 5.26 Å². The molecule has 11 rings (SSSR count). The highest BCUT2D eigenvalue weighted by atomic mass is 15.0. The highest BCUT2D eigenvalue weighted by molar-refractivity contribution is 6.21. The number of rotatable bonds is 5. The third kappa shape index (κ3) is 4.76. The van der Waals surface area contributed by atoms with Gasteiger partial charge >= 0.3 is 0 Å². The van der Waals surface area contributed by atoms with Crippen molar-refractivity contribution in [3.8, 4) is 51.4 Å². The SMILES string of the molecule is N#Cc1ccc2c(-c3nc(-c4ccccc4)nc(-c4ccccc4)n3)c3ccccc3c(-c3ccc(C45C[C@H]6C[C@@H](C4)C[C@@H](C5)C6)cc3)c2c1. The van der Waals surface area contributed by atoms with Crippen molar-refractivity contribution < 1.29 is 0 Å². The molecule has 4 heteroatoms. The fourth-order valence-electron chi connectivity index (χ4n) is 10.2. The summed E-state index contributed by atoms with van der Waals surface area (Å²) in [5.74, 6) is 4.60. The lowest BCUT2D eigenvalue weighted by atomic mass is 9.48. The largest absolute Gasteiger partial charge is 0.208 e. The summed E-state index contributed by atoms with van der Waals surface area (Å²) in [5.41, 5.74) is 7.65. The van der Waals surface area contributed by atoms with Gasteiger partial charge in [0.2, 0.25) is 0 Å². The Kier molecular flexibility index (Phi) is 6.71. The summed E-state index contributed by atoms with van der Waals surface area (Å²) in [5, 5.41) is 14.3. The van der Waals surface area contributed by atoms with Gasteiger partial charge in [-0.1, -0.05) is 115 Å². The molecule has 4 aliphatic carbocycles. The topological polar surface area (TPSA) is 62.5 Å². The smallest absolute Gasteiger partial charge is 0.165 e. The number of aromatic nitrogens is 3. The van der Waals surface area contributed by atoms with E-state index in [1.54, 1.807) is 0 Å². The first-order chi connectivity index (χ1) is 24.6. The van der Waals surface area contributed by atoms with E-state index in [9.17, 15) is 5.26 Å². The van der Waals surface area contributed by atoms with Crippen molar-refractivity contribution in [3.05, 3.63) is 139 Å². The van der Waals surface area contributed by atoms with Crippen molar-refractivity contribution >= 4 is 21.5 Å². The van der Waals surface area contributed by atoms with E-state index in [-0.39, 0.29) is 0 Å². The summed E-state index contributed by atoms with van der Waals surface area (Å²) in [7, 11) is 0. The Morgan fingerprint density at radius 2 is 0.980 bits per heavy atom. The normalized spacial score (nSPS) is 22.2. The molecule has 0 aliphatic heterocycles. The lowest BCUT2D eigenvalue weighted by Gasteiger charge is -2.57. The molecular weight excluding hydrogens is 609 g/mol.